The van der Waals surface area contributed by atoms with E-state index in [1.165, 1.54) is 38.1 Å². The fourth-order valence-corrected chi connectivity index (χ4v) is 3.74. The molecule has 0 unspecified atom stereocenters. The van der Waals surface area contributed by atoms with Gasteiger partial charge < -0.3 is 24.3 Å². The summed E-state index contributed by atoms with van der Waals surface area (Å²) in [7, 11) is 0. The van der Waals surface area contributed by atoms with Gasteiger partial charge in [-0.15, -0.1) is 13.2 Å². The Bertz CT molecular complexity index is 995. The van der Waals surface area contributed by atoms with Crippen LogP contribution in [0.25, 0.3) is 0 Å². The van der Waals surface area contributed by atoms with Crippen LogP contribution in [0.5, 0.6) is 11.5 Å². The molecule has 1 atom stereocenters. The van der Waals surface area contributed by atoms with Crippen molar-refractivity contribution in [1.29, 1.82) is 0 Å². The van der Waals surface area contributed by atoms with Gasteiger partial charge in [-0.05, 0) is 62.1 Å². The average Bonchev–Trinajstić information content (AvgIpc) is 2.74. The molecule has 0 aromatic heterocycles. The summed E-state index contributed by atoms with van der Waals surface area (Å²) in [6.07, 6.45) is -3.03. The number of amides is 1. The van der Waals surface area contributed by atoms with Crippen LogP contribution in [0.4, 0.5) is 13.2 Å². The van der Waals surface area contributed by atoms with Crippen LogP contribution in [0.1, 0.15) is 43.7 Å². The summed E-state index contributed by atoms with van der Waals surface area (Å²) in [5.41, 5.74) is 0.0535. The first kappa shape index (κ1) is 28.0. The minimum Gasteiger partial charge on any atom is -0.546 e. The summed E-state index contributed by atoms with van der Waals surface area (Å²) >= 11 is 0. The number of aliphatic carboxylic acids is 1. The number of benzene rings is 2. The third-order valence-electron chi connectivity index (χ3n) is 5.48. The number of hydrogen-bond donors (Lipinski definition) is 0. The van der Waals surface area contributed by atoms with E-state index in [-0.39, 0.29) is 53.6 Å². The fraction of sp³-hybridized carbons (Fsp3) is 0.417. The molecule has 0 saturated carbocycles. The molecule has 6 nitrogen and oxygen atoms in total. The van der Waals surface area contributed by atoms with Crippen LogP contribution in [0.2, 0.25) is 0 Å². The summed E-state index contributed by atoms with van der Waals surface area (Å²) in [6, 6.07) is 12.4. The van der Waals surface area contributed by atoms with Gasteiger partial charge in [-0.25, -0.2) is 0 Å². The molecule has 0 aliphatic carbocycles. The van der Waals surface area contributed by atoms with E-state index in [2.05, 4.69) is 4.74 Å². The van der Waals surface area contributed by atoms with Crippen molar-refractivity contribution in [2.75, 3.05) is 13.1 Å². The van der Waals surface area contributed by atoms with E-state index in [9.17, 15) is 27.9 Å². The fourth-order valence-electron chi connectivity index (χ4n) is 3.74. The molecule has 34 heavy (non-hydrogen) atoms. The minimum atomic E-state index is -4.76. The van der Waals surface area contributed by atoms with E-state index < -0.39 is 17.9 Å². The number of piperidine rings is 1. The second-order valence-electron chi connectivity index (χ2n) is 8.52. The SMILES string of the molecule is CC(C)(Oc1cccc([C@@H]2CCCN(C(=O)Cc3ccc(OC(F)(F)F)cc3)C2)c1)C(=O)[O-].[Na+]. The molecule has 0 radical (unpaired) electrons. The Morgan fingerprint density at radius 1 is 1.06 bits per heavy atom. The molecule has 0 N–H and O–H groups in total. The normalized spacial score (nSPS) is 16.4. The summed E-state index contributed by atoms with van der Waals surface area (Å²) < 4.78 is 46.3. The number of ether oxygens (including phenoxy) is 2. The Morgan fingerprint density at radius 2 is 1.74 bits per heavy atom. The van der Waals surface area contributed by atoms with Crippen LogP contribution in [-0.4, -0.2) is 41.8 Å². The molecule has 10 heteroatoms. The Kier molecular flexibility index (Phi) is 9.45. The Hall–Kier alpha value is -2.23. The monoisotopic (exact) mass is 487 g/mol. The second-order valence-corrected chi connectivity index (χ2v) is 8.52. The first-order chi connectivity index (χ1) is 15.4. The van der Waals surface area contributed by atoms with Gasteiger partial charge in [0.1, 0.15) is 17.1 Å². The van der Waals surface area contributed by atoms with Gasteiger partial charge in [0.2, 0.25) is 5.91 Å². The summed E-state index contributed by atoms with van der Waals surface area (Å²) in [4.78, 5) is 25.8. The van der Waals surface area contributed by atoms with Crippen molar-refractivity contribution in [3.8, 4) is 11.5 Å². The maximum atomic E-state index is 12.8. The van der Waals surface area contributed by atoms with Crippen LogP contribution < -0.4 is 44.1 Å². The van der Waals surface area contributed by atoms with Crippen molar-refractivity contribution in [3.05, 3.63) is 59.7 Å². The molecule has 1 heterocycles. The summed E-state index contributed by atoms with van der Waals surface area (Å²) in [5, 5.41) is 11.2. The molecule has 1 aliphatic heterocycles. The molecule has 0 bridgehead atoms. The van der Waals surface area contributed by atoms with Crippen LogP contribution in [-0.2, 0) is 16.0 Å². The molecule has 1 aliphatic rings. The molecular formula is C24H25F3NNaO5. The molecule has 2 aromatic rings. The van der Waals surface area contributed by atoms with E-state index >= 15 is 0 Å². The van der Waals surface area contributed by atoms with Gasteiger partial charge in [0, 0.05) is 19.0 Å². The zero-order chi connectivity index (χ0) is 24.2. The largest absolute Gasteiger partial charge is 1.00 e. The Morgan fingerprint density at radius 3 is 2.35 bits per heavy atom. The van der Waals surface area contributed by atoms with Crippen molar-refractivity contribution in [3.63, 3.8) is 0 Å². The molecule has 3 rings (SSSR count). The van der Waals surface area contributed by atoms with Gasteiger partial charge >= 0.3 is 35.9 Å². The van der Waals surface area contributed by atoms with Crippen LogP contribution in [0, 0.1) is 0 Å². The quantitative estimate of drug-likeness (QED) is 0.530. The topological polar surface area (TPSA) is 78.9 Å². The Balaban J connectivity index is 0.00000408. The van der Waals surface area contributed by atoms with Gasteiger partial charge in [-0.3, -0.25) is 4.79 Å². The van der Waals surface area contributed by atoms with Crippen LogP contribution in [0.3, 0.4) is 0 Å². The smallest absolute Gasteiger partial charge is 0.546 e. The molecule has 0 spiro atoms. The number of rotatable bonds is 7. The summed E-state index contributed by atoms with van der Waals surface area (Å²) in [5.74, 6) is -1.30. The number of alkyl halides is 3. The van der Waals surface area contributed by atoms with Gasteiger partial charge in [-0.2, -0.15) is 0 Å². The molecule has 1 saturated heterocycles. The van der Waals surface area contributed by atoms with E-state index in [4.69, 9.17) is 4.74 Å². The maximum absolute atomic E-state index is 12.8. The third kappa shape index (κ3) is 7.92. The maximum Gasteiger partial charge on any atom is 1.00 e. The zero-order valence-corrected chi connectivity index (χ0v) is 21.4. The van der Waals surface area contributed by atoms with Crippen molar-refractivity contribution in [1.82, 2.24) is 4.90 Å². The number of halogens is 3. The van der Waals surface area contributed by atoms with E-state index in [0.29, 0.717) is 24.4 Å². The van der Waals surface area contributed by atoms with Gasteiger partial charge in [0.15, 0.2) is 0 Å². The van der Waals surface area contributed by atoms with Gasteiger partial charge in [-0.1, -0.05) is 24.3 Å². The third-order valence-corrected chi connectivity index (χ3v) is 5.48. The molecule has 1 amide bonds. The number of carbonyl (C=O) groups is 2. The number of carboxylic acid groups (broad SMARTS) is 1. The van der Waals surface area contributed by atoms with Gasteiger partial charge in [0.05, 0.1) is 12.4 Å². The summed E-state index contributed by atoms with van der Waals surface area (Å²) in [6.45, 7) is 3.91. The first-order valence-electron chi connectivity index (χ1n) is 10.6. The van der Waals surface area contributed by atoms with Crippen molar-refractivity contribution in [2.24, 2.45) is 0 Å². The molecule has 1 fully saturated rings. The second kappa shape index (κ2) is 11.5. The number of likely N-dealkylation sites (tertiary alicyclic amines) is 1. The molecular weight excluding hydrogens is 462 g/mol. The number of carboxylic acids is 1. The molecule has 178 valence electrons. The minimum absolute atomic E-state index is 0. The van der Waals surface area contributed by atoms with Crippen molar-refractivity contribution < 1.29 is 66.9 Å². The van der Waals surface area contributed by atoms with Gasteiger partial charge in [0.25, 0.3) is 0 Å². The number of nitrogens with zero attached hydrogens (tertiary/aromatic N) is 1. The van der Waals surface area contributed by atoms with Crippen molar-refractivity contribution >= 4 is 11.9 Å². The predicted molar refractivity (Wildman–Crippen MR) is 112 cm³/mol. The van der Waals surface area contributed by atoms with Crippen LogP contribution >= 0.6 is 0 Å². The van der Waals surface area contributed by atoms with E-state index in [0.717, 1.165) is 18.4 Å². The predicted octanol–water partition coefficient (Wildman–Crippen LogP) is 0.445. The Labute approximate surface area is 218 Å². The number of carbonyl (C=O) groups excluding carboxylic acids is 2. The van der Waals surface area contributed by atoms with E-state index in [1.54, 1.807) is 23.1 Å². The van der Waals surface area contributed by atoms with Crippen molar-refractivity contribution in [2.45, 2.75) is 51.0 Å². The zero-order valence-electron chi connectivity index (χ0n) is 19.4. The number of hydrogen-bond acceptors (Lipinski definition) is 5. The van der Waals surface area contributed by atoms with E-state index in [1.807, 2.05) is 6.07 Å². The first-order valence-corrected chi connectivity index (χ1v) is 10.6. The standard InChI is InChI=1S/C24H26F3NO5.Na/c1-23(2,22(30)31)32-20-7-3-5-17(14-20)18-6-4-12-28(15-18)21(29)13-16-8-10-19(11-9-16)33-24(25,26)27;/h3,5,7-11,14,18H,4,6,12-13,15H2,1-2H3,(H,30,31);/q;+1/p-1/t18-;/m1./s1. The van der Waals surface area contributed by atoms with Crippen LogP contribution in [0.15, 0.2) is 48.5 Å². The average molecular weight is 487 g/mol. The molecule has 2 aromatic carbocycles.